The number of aliphatic hydroxyl groups is 1. The number of nitrogens with zero attached hydrogens (tertiary/aromatic N) is 2. The Balaban J connectivity index is 1.58. The van der Waals surface area contributed by atoms with E-state index in [0.717, 1.165) is 30.1 Å². The van der Waals surface area contributed by atoms with Crippen molar-refractivity contribution in [3.8, 4) is 11.8 Å². The van der Waals surface area contributed by atoms with Crippen molar-refractivity contribution in [3.63, 3.8) is 0 Å². The lowest BCUT2D eigenvalue weighted by molar-refractivity contribution is -0.143. The van der Waals surface area contributed by atoms with Gasteiger partial charge in [-0.3, -0.25) is 19.3 Å². The van der Waals surface area contributed by atoms with Crippen molar-refractivity contribution in [3.05, 3.63) is 70.8 Å². The second-order valence-electron chi connectivity index (χ2n) is 9.30. The lowest BCUT2D eigenvalue weighted by Crippen LogP contribution is -2.62. The molecular formula is C29H35N3O6. The van der Waals surface area contributed by atoms with Gasteiger partial charge in [-0.1, -0.05) is 24.0 Å². The molecule has 1 aliphatic rings. The third-order valence-corrected chi connectivity index (χ3v) is 6.74. The molecule has 0 bridgehead atoms. The van der Waals surface area contributed by atoms with Gasteiger partial charge in [0.05, 0.1) is 19.3 Å². The van der Waals surface area contributed by atoms with Gasteiger partial charge in [0.25, 0.3) is 11.8 Å². The van der Waals surface area contributed by atoms with Gasteiger partial charge in [-0.2, -0.15) is 0 Å². The van der Waals surface area contributed by atoms with Crippen molar-refractivity contribution in [2.45, 2.75) is 25.1 Å². The van der Waals surface area contributed by atoms with E-state index in [9.17, 15) is 19.5 Å². The van der Waals surface area contributed by atoms with Gasteiger partial charge in [-0.25, -0.2) is 0 Å². The zero-order chi connectivity index (χ0) is 27.7. The number of carbonyl (C=O) groups excluding carboxylic acids is 3. The smallest absolute Gasteiger partial charge is 0.254 e. The van der Waals surface area contributed by atoms with Crippen LogP contribution in [0.2, 0.25) is 0 Å². The fraction of sp³-hybridized carbons (Fsp3) is 0.414. The number of hydrogen-bond donors (Lipinski definition) is 2. The molecular weight excluding hydrogens is 486 g/mol. The molecule has 1 heterocycles. The molecule has 2 amide bonds. The Bertz CT molecular complexity index is 1160. The van der Waals surface area contributed by atoms with Gasteiger partial charge in [-0.05, 0) is 48.9 Å². The average Bonchev–Trinajstić information content (AvgIpc) is 2.93. The molecule has 0 radical (unpaired) electrons. The quantitative estimate of drug-likeness (QED) is 0.259. The number of likely N-dealkylation sites (N-methyl/N-ethyl adjacent to an activating group) is 2. The molecule has 0 aromatic heterocycles. The first-order valence-electron chi connectivity index (χ1n) is 12.4. The number of Topliss-reactive ketones (excluding diaryl/α,β-unsaturated/α-hetero) is 1. The normalized spacial score (nSPS) is 15.0. The lowest BCUT2D eigenvalue weighted by atomic mass is 9.92. The number of rotatable bonds is 11. The summed E-state index contributed by atoms with van der Waals surface area (Å²) in [5, 5.41) is 11.7. The first-order chi connectivity index (χ1) is 18.2. The van der Waals surface area contributed by atoms with E-state index >= 15 is 0 Å². The van der Waals surface area contributed by atoms with Gasteiger partial charge in [0.1, 0.15) is 6.61 Å². The average molecular weight is 522 g/mol. The number of benzene rings is 2. The Morgan fingerprint density at radius 1 is 1.05 bits per heavy atom. The molecule has 9 nitrogen and oxygen atoms in total. The molecule has 2 aromatic rings. The molecule has 38 heavy (non-hydrogen) atoms. The number of aliphatic hydroxyl groups excluding tert-OH is 1. The van der Waals surface area contributed by atoms with E-state index in [1.54, 1.807) is 31.4 Å². The Hall–Kier alpha value is -3.55. The number of likely N-dealkylation sites (tertiary alicyclic amines) is 1. The minimum atomic E-state index is -1.83. The van der Waals surface area contributed by atoms with E-state index in [0.29, 0.717) is 24.3 Å². The summed E-state index contributed by atoms with van der Waals surface area (Å²) in [6.45, 7) is 4.40. The highest BCUT2D eigenvalue weighted by Crippen LogP contribution is 2.19. The van der Waals surface area contributed by atoms with Gasteiger partial charge >= 0.3 is 0 Å². The van der Waals surface area contributed by atoms with E-state index in [2.05, 4.69) is 34.2 Å². The van der Waals surface area contributed by atoms with Crippen LogP contribution in [-0.2, 0) is 25.6 Å². The summed E-state index contributed by atoms with van der Waals surface area (Å²) >= 11 is 0. The topological polar surface area (TPSA) is 108 Å². The maximum absolute atomic E-state index is 13.0. The predicted molar refractivity (Wildman–Crippen MR) is 142 cm³/mol. The summed E-state index contributed by atoms with van der Waals surface area (Å²) in [7, 11) is 4.40. The van der Waals surface area contributed by atoms with E-state index in [1.165, 1.54) is 26.6 Å². The van der Waals surface area contributed by atoms with E-state index in [1.807, 2.05) is 12.1 Å². The number of ketones is 1. The SMILES string of the molecule is CNC(=O)[C@@](C)(C(=O)CO)N(C)C(=O)c1ccc(C#Cc2ccc(CN3CC(OCCOC)C3)cc2)cc1. The summed E-state index contributed by atoms with van der Waals surface area (Å²) < 4.78 is 10.7. The Labute approximate surface area is 223 Å². The van der Waals surface area contributed by atoms with Crippen molar-refractivity contribution in [2.75, 3.05) is 54.1 Å². The van der Waals surface area contributed by atoms with Crippen molar-refractivity contribution in [1.29, 1.82) is 0 Å². The molecule has 1 atom stereocenters. The van der Waals surface area contributed by atoms with E-state index in [4.69, 9.17) is 9.47 Å². The lowest BCUT2D eigenvalue weighted by Gasteiger charge is -2.38. The molecule has 2 N–H and O–H groups in total. The van der Waals surface area contributed by atoms with Gasteiger partial charge in [0.15, 0.2) is 11.3 Å². The van der Waals surface area contributed by atoms with Gasteiger partial charge in [0.2, 0.25) is 0 Å². The third-order valence-electron chi connectivity index (χ3n) is 6.74. The van der Waals surface area contributed by atoms with Crippen LogP contribution in [0.25, 0.3) is 0 Å². The van der Waals surface area contributed by atoms with Crippen molar-refractivity contribution >= 4 is 17.6 Å². The molecule has 0 unspecified atom stereocenters. The number of ether oxygens (including phenoxy) is 2. The highest BCUT2D eigenvalue weighted by molar-refractivity contribution is 6.14. The highest BCUT2D eigenvalue weighted by Gasteiger charge is 2.46. The van der Waals surface area contributed by atoms with Crippen LogP contribution in [0.4, 0.5) is 0 Å². The van der Waals surface area contributed by atoms with Crippen LogP contribution in [0, 0.1) is 11.8 Å². The van der Waals surface area contributed by atoms with Gasteiger partial charge < -0.3 is 24.8 Å². The number of methoxy groups -OCH3 is 1. The van der Waals surface area contributed by atoms with Crippen LogP contribution in [0.1, 0.15) is 34.0 Å². The second kappa shape index (κ2) is 13.3. The molecule has 1 fully saturated rings. The Morgan fingerprint density at radius 2 is 1.63 bits per heavy atom. The minimum absolute atomic E-state index is 0.278. The van der Waals surface area contributed by atoms with E-state index < -0.39 is 29.7 Å². The molecule has 0 saturated carbocycles. The molecule has 3 rings (SSSR count). The van der Waals surface area contributed by atoms with Crippen LogP contribution >= 0.6 is 0 Å². The maximum Gasteiger partial charge on any atom is 0.254 e. The Morgan fingerprint density at radius 3 is 2.16 bits per heavy atom. The summed E-state index contributed by atoms with van der Waals surface area (Å²) in [5.74, 6) is 4.24. The van der Waals surface area contributed by atoms with Crippen LogP contribution < -0.4 is 5.32 Å². The summed E-state index contributed by atoms with van der Waals surface area (Å²) in [5.41, 5.74) is 1.26. The first kappa shape index (κ1) is 29.0. The highest BCUT2D eigenvalue weighted by atomic mass is 16.5. The van der Waals surface area contributed by atoms with Gasteiger partial charge in [0, 0.05) is 57.5 Å². The molecule has 9 heteroatoms. The van der Waals surface area contributed by atoms with Crippen molar-refractivity contribution in [1.82, 2.24) is 15.1 Å². The van der Waals surface area contributed by atoms with Gasteiger partial charge in [-0.15, -0.1) is 0 Å². The molecule has 202 valence electrons. The standard InChI is InChI=1S/C29H35N3O6/c1-29(26(34)20-33,28(36)30-2)31(3)27(35)24-13-11-22(12-14-24)6-5-21-7-9-23(10-8-21)17-32-18-25(19-32)38-16-15-37-4/h7-14,25,33H,15-20H2,1-4H3,(H,30,36)/t29-/m1/s1. The minimum Gasteiger partial charge on any atom is -0.388 e. The van der Waals surface area contributed by atoms with Crippen LogP contribution in [0.5, 0.6) is 0 Å². The fourth-order valence-corrected chi connectivity index (χ4v) is 4.11. The third kappa shape index (κ3) is 6.85. The summed E-state index contributed by atoms with van der Waals surface area (Å²) in [6.07, 6.45) is 0.278. The number of nitrogens with one attached hydrogen (secondary N) is 1. The predicted octanol–water partition coefficient (Wildman–Crippen LogP) is 1.07. The number of amides is 2. The molecule has 0 spiro atoms. The number of hydrogen-bond acceptors (Lipinski definition) is 7. The molecule has 0 aliphatic carbocycles. The second-order valence-corrected chi connectivity index (χ2v) is 9.30. The summed E-state index contributed by atoms with van der Waals surface area (Å²) in [4.78, 5) is 41.0. The van der Waals surface area contributed by atoms with Crippen LogP contribution in [0.3, 0.4) is 0 Å². The van der Waals surface area contributed by atoms with Crippen LogP contribution in [0.15, 0.2) is 48.5 Å². The zero-order valence-corrected chi connectivity index (χ0v) is 22.3. The molecule has 2 aromatic carbocycles. The zero-order valence-electron chi connectivity index (χ0n) is 22.3. The van der Waals surface area contributed by atoms with Crippen molar-refractivity contribution < 1.29 is 29.0 Å². The Kier molecular flexibility index (Phi) is 10.2. The monoisotopic (exact) mass is 521 g/mol. The first-order valence-corrected chi connectivity index (χ1v) is 12.4. The molecule has 1 aliphatic heterocycles. The van der Waals surface area contributed by atoms with Crippen LogP contribution in [-0.4, -0.2) is 98.3 Å². The number of carbonyl (C=O) groups is 3. The van der Waals surface area contributed by atoms with E-state index in [-0.39, 0.29) is 6.10 Å². The van der Waals surface area contributed by atoms with Crippen molar-refractivity contribution in [2.24, 2.45) is 0 Å². The summed E-state index contributed by atoms with van der Waals surface area (Å²) in [6, 6.07) is 14.7. The fourth-order valence-electron chi connectivity index (χ4n) is 4.11. The maximum atomic E-state index is 13.0. The molecule has 1 saturated heterocycles. The largest absolute Gasteiger partial charge is 0.388 e.